The van der Waals surface area contributed by atoms with E-state index >= 15 is 0 Å². The number of hydrogen-bond donors (Lipinski definition) is 1. The van der Waals surface area contributed by atoms with Gasteiger partial charge in [-0.25, -0.2) is 4.39 Å². The van der Waals surface area contributed by atoms with Crippen LogP contribution >= 0.6 is 0 Å². The van der Waals surface area contributed by atoms with Gasteiger partial charge in [-0.2, -0.15) is 43.9 Å². The molecule has 2 rings (SSSR count). The molecule has 1 aromatic carbocycles. The lowest BCUT2D eigenvalue weighted by molar-refractivity contribution is -0.488. The van der Waals surface area contributed by atoms with E-state index < -0.39 is 52.9 Å². The van der Waals surface area contributed by atoms with Crippen LogP contribution in [0.4, 0.5) is 48.3 Å². The Morgan fingerprint density at radius 3 is 1.48 bits per heavy atom. The van der Waals surface area contributed by atoms with Gasteiger partial charge in [0.25, 0.3) is 5.67 Å². The fraction of sp³-hybridized carbons (Fsp3) is 0.684. The molecule has 1 nitrogen and oxygen atoms in total. The zero-order valence-electron chi connectivity index (χ0n) is 16.2. The molecule has 0 aliphatic heterocycles. The lowest BCUT2D eigenvalue weighted by atomic mass is 9.67. The lowest BCUT2D eigenvalue weighted by Gasteiger charge is -2.53. The fourth-order valence-electron chi connectivity index (χ4n) is 3.50. The van der Waals surface area contributed by atoms with Gasteiger partial charge in [-0.05, 0) is 30.9 Å². The van der Waals surface area contributed by atoms with Crippen LogP contribution in [-0.2, 0) is 12.0 Å². The Hall–Kier alpha value is -1.59. The van der Waals surface area contributed by atoms with Gasteiger partial charge in [-0.15, -0.1) is 0 Å². The minimum absolute atomic E-state index is 0.449. The van der Waals surface area contributed by atoms with Crippen molar-refractivity contribution in [2.75, 3.05) is 0 Å². The molecule has 12 heteroatoms. The van der Waals surface area contributed by atoms with Gasteiger partial charge in [-0.1, -0.05) is 37.6 Å². The van der Waals surface area contributed by atoms with Gasteiger partial charge in [0, 0.05) is 6.42 Å². The predicted molar refractivity (Wildman–Crippen MR) is 87.8 cm³/mol. The maximum atomic E-state index is 14.9. The first-order valence-corrected chi connectivity index (χ1v) is 9.14. The molecule has 1 aliphatic carbocycles. The van der Waals surface area contributed by atoms with Crippen LogP contribution in [0.5, 0.6) is 0 Å². The van der Waals surface area contributed by atoms with Crippen molar-refractivity contribution in [3.05, 3.63) is 35.4 Å². The highest BCUT2D eigenvalue weighted by Crippen LogP contribution is 2.71. The summed E-state index contributed by atoms with van der Waals surface area (Å²) in [6, 6.07) is 4.58. The summed E-state index contributed by atoms with van der Waals surface area (Å²) in [5, 5.41) is 10.3. The summed E-state index contributed by atoms with van der Waals surface area (Å²) >= 11 is 0. The predicted octanol–water partition coefficient (Wildman–Crippen LogP) is 6.53. The Labute approximate surface area is 170 Å². The van der Waals surface area contributed by atoms with Gasteiger partial charge in [0.05, 0.1) is 5.60 Å². The Kier molecular flexibility index (Phi) is 5.97. The molecule has 0 amide bonds. The van der Waals surface area contributed by atoms with E-state index in [9.17, 15) is 53.4 Å². The molecule has 0 spiro atoms. The fourth-order valence-corrected chi connectivity index (χ4v) is 3.50. The van der Waals surface area contributed by atoms with Crippen LogP contribution in [0, 0.1) is 0 Å². The van der Waals surface area contributed by atoms with Crippen molar-refractivity contribution >= 4 is 0 Å². The third-order valence-electron chi connectivity index (χ3n) is 5.56. The number of rotatable bonds is 6. The van der Waals surface area contributed by atoms with E-state index in [0.717, 1.165) is 25.0 Å². The molecule has 1 aromatic rings. The van der Waals surface area contributed by atoms with Gasteiger partial charge in [0.15, 0.2) is 0 Å². The maximum Gasteiger partial charge on any atom is 0.384 e. The lowest BCUT2D eigenvalue weighted by Crippen LogP contribution is -2.84. The van der Waals surface area contributed by atoms with Crippen molar-refractivity contribution in [2.45, 2.75) is 80.4 Å². The highest BCUT2D eigenvalue weighted by Gasteiger charge is 3.01. The number of unbranched alkanes of at least 4 members (excludes halogenated alkanes) is 1. The van der Waals surface area contributed by atoms with Gasteiger partial charge < -0.3 is 5.11 Å². The van der Waals surface area contributed by atoms with E-state index in [1.165, 1.54) is 12.1 Å². The summed E-state index contributed by atoms with van der Waals surface area (Å²) in [4.78, 5) is 0. The highest BCUT2D eigenvalue weighted by atomic mass is 19.4. The molecule has 0 radical (unpaired) electrons. The van der Waals surface area contributed by atoms with Crippen LogP contribution in [0.15, 0.2) is 24.3 Å². The van der Waals surface area contributed by atoms with Crippen molar-refractivity contribution in [1.29, 1.82) is 0 Å². The second-order valence-electron chi connectivity index (χ2n) is 7.92. The molecule has 1 aliphatic rings. The third-order valence-corrected chi connectivity index (χ3v) is 5.56. The van der Waals surface area contributed by atoms with Gasteiger partial charge in [0.2, 0.25) is 0 Å². The summed E-state index contributed by atoms with van der Waals surface area (Å²) in [6.07, 6.45) is -0.674. The third kappa shape index (κ3) is 3.22. The SMILES string of the molecule is CCCCc1ccc(C(C)(O)CC2(F)C(F)(F)C(F)(F)C(F)(F)C(F)(F)C2(F)F)cc1. The molecule has 1 unspecified atom stereocenters. The second-order valence-corrected chi connectivity index (χ2v) is 7.92. The van der Waals surface area contributed by atoms with E-state index in [1.807, 2.05) is 6.92 Å². The average molecular weight is 472 g/mol. The summed E-state index contributed by atoms with van der Waals surface area (Å²) in [5.41, 5.74) is -9.24. The van der Waals surface area contributed by atoms with E-state index in [0.29, 0.717) is 18.9 Å². The first-order chi connectivity index (χ1) is 13.7. The molecule has 0 bridgehead atoms. The summed E-state index contributed by atoms with van der Waals surface area (Å²) in [6.45, 7) is 2.32. The largest absolute Gasteiger partial charge is 0.385 e. The molecule has 0 saturated heterocycles. The minimum atomic E-state index is -7.27. The van der Waals surface area contributed by atoms with Crippen molar-refractivity contribution in [1.82, 2.24) is 0 Å². The second kappa shape index (κ2) is 7.21. The summed E-state index contributed by atoms with van der Waals surface area (Å²) < 4.78 is 152. The Balaban J connectivity index is 2.56. The van der Waals surface area contributed by atoms with Gasteiger partial charge >= 0.3 is 29.6 Å². The molecular formula is C19H19F11O. The zero-order chi connectivity index (χ0) is 24.3. The van der Waals surface area contributed by atoms with Gasteiger partial charge in [0.1, 0.15) is 0 Å². The first-order valence-electron chi connectivity index (χ1n) is 9.14. The molecule has 1 atom stereocenters. The van der Waals surface area contributed by atoms with Crippen LogP contribution in [-0.4, -0.2) is 40.4 Å². The topological polar surface area (TPSA) is 20.2 Å². The number of aryl methyl sites for hydroxylation is 1. The standard InChI is InChI=1S/C19H19F11O/c1-3-4-5-11-6-8-12(9-7-11)13(2,31)10-14(20)15(21,22)17(25,26)19(29,30)18(27,28)16(14,23)24/h6-9,31H,3-5,10H2,1-2H3. The monoisotopic (exact) mass is 472 g/mol. The number of aliphatic hydroxyl groups is 1. The molecule has 1 saturated carbocycles. The van der Waals surface area contributed by atoms with Crippen LogP contribution < -0.4 is 0 Å². The van der Waals surface area contributed by atoms with Crippen molar-refractivity contribution in [2.24, 2.45) is 0 Å². The Bertz CT molecular complexity index is 770. The van der Waals surface area contributed by atoms with Crippen LogP contribution in [0.25, 0.3) is 0 Å². The smallest absolute Gasteiger partial charge is 0.384 e. The van der Waals surface area contributed by atoms with E-state index in [2.05, 4.69) is 0 Å². The maximum absolute atomic E-state index is 14.9. The van der Waals surface area contributed by atoms with Crippen molar-refractivity contribution in [3.8, 4) is 0 Å². The molecule has 178 valence electrons. The minimum Gasteiger partial charge on any atom is -0.385 e. The van der Waals surface area contributed by atoms with Crippen molar-refractivity contribution in [3.63, 3.8) is 0 Å². The molecule has 1 fully saturated rings. The number of halogens is 11. The summed E-state index contributed by atoms with van der Waals surface area (Å²) in [7, 11) is 0. The van der Waals surface area contributed by atoms with E-state index in [1.54, 1.807) is 0 Å². The Morgan fingerprint density at radius 1 is 0.710 bits per heavy atom. The molecule has 1 N–H and O–H groups in total. The molecule has 0 aromatic heterocycles. The number of hydrogen-bond acceptors (Lipinski definition) is 1. The summed E-state index contributed by atoms with van der Waals surface area (Å²) in [5.74, 6) is -35.5. The van der Waals surface area contributed by atoms with Crippen LogP contribution in [0.1, 0.15) is 44.2 Å². The molecular weight excluding hydrogens is 453 g/mol. The first kappa shape index (κ1) is 25.7. The number of benzene rings is 1. The van der Waals surface area contributed by atoms with Crippen LogP contribution in [0.2, 0.25) is 0 Å². The average Bonchev–Trinajstić information content (AvgIpc) is 2.64. The zero-order valence-corrected chi connectivity index (χ0v) is 16.2. The number of alkyl halides is 11. The van der Waals surface area contributed by atoms with E-state index in [-0.39, 0.29) is 0 Å². The van der Waals surface area contributed by atoms with E-state index in [4.69, 9.17) is 0 Å². The Morgan fingerprint density at radius 2 is 1.10 bits per heavy atom. The van der Waals surface area contributed by atoms with Crippen molar-refractivity contribution < 1.29 is 53.4 Å². The normalized spacial score (nSPS) is 26.8. The van der Waals surface area contributed by atoms with Gasteiger partial charge in [-0.3, -0.25) is 0 Å². The molecule has 31 heavy (non-hydrogen) atoms. The van der Waals surface area contributed by atoms with Crippen LogP contribution in [0.3, 0.4) is 0 Å². The quantitative estimate of drug-likeness (QED) is 0.467. The highest BCUT2D eigenvalue weighted by molar-refractivity contribution is 5.31. The molecule has 0 heterocycles.